The normalized spacial score (nSPS) is 17.8. The van der Waals surface area contributed by atoms with Crippen molar-refractivity contribution in [2.75, 3.05) is 6.54 Å². The van der Waals surface area contributed by atoms with Gasteiger partial charge in [-0.2, -0.15) is 0 Å². The standard InChI is InChI=1S/C15H23N/c1-11(2)15(10-16-13-8-9-13)14-7-5-4-6-12(14)3/h4-7,11,13,15-16H,8-10H2,1-3H3. The zero-order valence-electron chi connectivity index (χ0n) is 10.7. The van der Waals surface area contributed by atoms with E-state index in [9.17, 15) is 0 Å². The quantitative estimate of drug-likeness (QED) is 0.796. The molecule has 2 rings (SSSR count). The summed E-state index contributed by atoms with van der Waals surface area (Å²) in [7, 11) is 0. The molecule has 1 aromatic carbocycles. The molecular formula is C15H23N. The van der Waals surface area contributed by atoms with Gasteiger partial charge in [0.25, 0.3) is 0 Å². The fraction of sp³-hybridized carbons (Fsp3) is 0.600. The van der Waals surface area contributed by atoms with E-state index in [0.717, 1.165) is 12.6 Å². The van der Waals surface area contributed by atoms with Crippen LogP contribution < -0.4 is 5.32 Å². The molecule has 1 aromatic rings. The Morgan fingerprint density at radius 3 is 2.50 bits per heavy atom. The van der Waals surface area contributed by atoms with Crippen molar-refractivity contribution in [3.05, 3.63) is 35.4 Å². The Hall–Kier alpha value is -0.820. The molecular weight excluding hydrogens is 194 g/mol. The van der Waals surface area contributed by atoms with Gasteiger partial charge in [0.15, 0.2) is 0 Å². The molecule has 1 N–H and O–H groups in total. The third-order valence-electron chi connectivity index (χ3n) is 3.60. The molecule has 16 heavy (non-hydrogen) atoms. The van der Waals surface area contributed by atoms with Crippen LogP contribution in [0.5, 0.6) is 0 Å². The highest BCUT2D eigenvalue weighted by atomic mass is 14.9. The fourth-order valence-corrected chi connectivity index (χ4v) is 2.29. The number of rotatable bonds is 5. The van der Waals surface area contributed by atoms with Gasteiger partial charge in [0, 0.05) is 12.6 Å². The van der Waals surface area contributed by atoms with Gasteiger partial charge < -0.3 is 5.32 Å². The van der Waals surface area contributed by atoms with Crippen molar-refractivity contribution in [1.82, 2.24) is 5.32 Å². The van der Waals surface area contributed by atoms with E-state index >= 15 is 0 Å². The van der Waals surface area contributed by atoms with Crippen LogP contribution in [0.1, 0.15) is 43.7 Å². The maximum absolute atomic E-state index is 3.66. The molecule has 1 fully saturated rings. The lowest BCUT2D eigenvalue weighted by molar-refractivity contribution is 0.459. The predicted molar refractivity (Wildman–Crippen MR) is 69.8 cm³/mol. The fourth-order valence-electron chi connectivity index (χ4n) is 2.29. The lowest BCUT2D eigenvalue weighted by atomic mass is 9.86. The van der Waals surface area contributed by atoms with Crippen LogP contribution in [0.3, 0.4) is 0 Å². The highest BCUT2D eigenvalue weighted by Gasteiger charge is 2.24. The number of hydrogen-bond acceptors (Lipinski definition) is 1. The van der Waals surface area contributed by atoms with Crippen LogP contribution in [0, 0.1) is 12.8 Å². The van der Waals surface area contributed by atoms with Crippen molar-refractivity contribution < 1.29 is 0 Å². The number of aryl methyl sites for hydroxylation is 1. The van der Waals surface area contributed by atoms with Crippen LogP contribution in [-0.4, -0.2) is 12.6 Å². The molecule has 1 aliphatic carbocycles. The summed E-state index contributed by atoms with van der Waals surface area (Å²) < 4.78 is 0. The summed E-state index contributed by atoms with van der Waals surface area (Å²) in [4.78, 5) is 0. The van der Waals surface area contributed by atoms with E-state index in [1.54, 1.807) is 0 Å². The second-order valence-corrected chi connectivity index (χ2v) is 5.39. The zero-order chi connectivity index (χ0) is 11.5. The van der Waals surface area contributed by atoms with E-state index < -0.39 is 0 Å². The molecule has 0 spiro atoms. The van der Waals surface area contributed by atoms with Gasteiger partial charge in [-0.05, 0) is 42.7 Å². The second-order valence-electron chi connectivity index (χ2n) is 5.39. The summed E-state index contributed by atoms with van der Waals surface area (Å²) in [6, 6.07) is 9.61. The van der Waals surface area contributed by atoms with Gasteiger partial charge in [-0.15, -0.1) is 0 Å². The summed E-state index contributed by atoms with van der Waals surface area (Å²) in [6.45, 7) is 8.01. The lowest BCUT2D eigenvalue weighted by Crippen LogP contribution is -2.26. The molecule has 88 valence electrons. The minimum Gasteiger partial charge on any atom is -0.313 e. The molecule has 0 aromatic heterocycles. The van der Waals surface area contributed by atoms with Gasteiger partial charge >= 0.3 is 0 Å². The second kappa shape index (κ2) is 5.01. The third kappa shape index (κ3) is 2.85. The van der Waals surface area contributed by atoms with Crippen molar-refractivity contribution >= 4 is 0 Å². The van der Waals surface area contributed by atoms with Gasteiger partial charge in [-0.25, -0.2) is 0 Å². The van der Waals surface area contributed by atoms with E-state index in [0.29, 0.717) is 11.8 Å². The maximum Gasteiger partial charge on any atom is 0.00684 e. The predicted octanol–water partition coefficient (Wildman–Crippen LogP) is 3.49. The average Bonchev–Trinajstić information content (AvgIpc) is 3.04. The van der Waals surface area contributed by atoms with Crippen LogP contribution in [0.25, 0.3) is 0 Å². The molecule has 0 bridgehead atoms. The van der Waals surface area contributed by atoms with E-state index in [2.05, 4.69) is 50.4 Å². The van der Waals surface area contributed by atoms with Crippen molar-refractivity contribution in [2.45, 2.75) is 45.6 Å². The van der Waals surface area contributed by atoms with Gasteiger partial charge in [-0.3, -0.25) is 0 Å². The Kier molecular flexibility index (Phi) is 3.65. The van der Waals surface area contributed by atoms with E-state index in [1.807, 2.05) is 0 Å². The smallest absolute Gasteiger partial charge is 0.00684 e. The minimum atomic E-state index is 0.654. The lowest BCUT2D eigenvalue weighted by Gasteiger charge is -2.23. The number of hydrogen-bond donors (Lipinski definition) is 1. The molecule has 1 unspecified atom stereocenters. The van der Waals surface area contributed by atoms with Crippen LogP contribution in [0.4, 0.5) is 0 Å². The zero-order valence-corrected chi connectivity index (χ0v) is 10.7. The van der Waals surface area contributed by atoms with Gasteiger partial charge in [0.2, 0.25) is 0 Å². The first kappa shape index (κ1) is 11.7. The molecule has 1 atom stereocenters. The first-order chi connectivity index (χ1) is 7.68. The molecule has 0 saturated heterocycles. The van der Waals surface area contributed by atoms with Crippen molar-refractivity contribution in [3.63, 3.8) is 0 Å². The molecule has 1 aliphatic rings. The highest BCUT2D eigenvalue weighted by molar-refractivity contribution is 5.29. The van der Waals surface area contributed by atoms with Crippen LogP contribution >= 0.6 is 0 Å². The number of benzene rings is 1. The van der Waals surface area contributed by atoms with E-state index in [4.69, 9.17) is 0 Å². The molecule has 0 heterocycles. The van der Waals surface area contributed by atoms with E-state index in [-0.39, 0.29) is 0 Å². The van der Waals surface area contributed by atoms with Gasteiger partial charge in [0.1, 0.15) is 0 Å². The van der Waals surface area contributed by atoms with E-state index in [1.165, 1.54) is 24.0 Å². The first-order valence-corrected chi connectivity index (χ1v) is 6.47. The summed E-state index contributed by atoms with van der Waals surface area (Å²) >= 11 is 0. The van der Waals surface area contributed by atoms with Crippen molar-refractivity contribution in [1.29, 1.82) is 0 Å². The number of nitrogens with one attached hydrogen (secondary N) is 1. The van der Waals surface area contributed by atoms with Crippen LogP contribution in [0.2, 0.25) is 0 Å². The molecule has 1 heteroatoms. The Morgan fingerprint density at radius 2 is 1.94 bits per heavy atom. The van der Waals surface area contributed by atoms with Gasteiger partial charge in [-0.1, -0.05) is 38.1 Å². The summed E-state index contributed by atoms with van der Waals surface area (Å²) in [5, 5.41) is 3.66. The third-order valence-corrected chi connectivity index (χ3v) is 3.60. The Morgan fingerprint density at radius 1 is 1.25 bits per heavy atom. The molecule has 0 amide bonds. The molecule has 1 nitrogen and oxygen atoms in total. The molecule has 0 radical (unpaired) electrons. The summed E-state index contributed by atoms with van der Waals surface area (Å²) in [5.74, 6) is 1.36. The Bertz CT molecular complexity index is 339. The van der Waals surface area contributed by atoms with Gasteiger partial charge in [0.05, 0.1) is 0 Å². The van der Waals surface area contributed by atoms with Crippen molar-refractivity contribution in [3.8, 4) is 0 Å². The van der Waals surface area contributed by atoms with Crippen LogP contribution in [-0.2, 0) is 0 Å². The van der Waals surface area contributed by atoms with Crippen LogP contribution in [0.15, 0.2) is 24.3 Å². The Labute approximate surface area is 99.3 Å². The summed E-state index contributed by atoms with van der Waals surface area (Å²) in [5.41, 5.74) is 2.95. The average molecular weight is 217 g/mol. The molecule has 0 aliphatic heterocycles. The van der Waals surface area contributed by atoms with Crippen molar-refractivity contribution in [2.24, 2.45) is 5.92 Å². The Balaban J connectivity index is 2.08. The highest BCUT2D eigenvalue weighted by Crippen LogP contribution is 2.28. The topological polar surface area (TPSA) is 12.0 Å². The molecule has 1 saturated carbocycles. The largest absolute Gasteiger partial charge is 0.313 e. The maximum atomic E-state index is 3.66. The minimum absolute atomic E-state index is 0.654. The SMILES string of the molecule is Cc1ccccc1C(CNC1CC1)C(C)C. The summed E-state index contributed by atoms with van der Waals surface area (Å²) in [6.07, 6.45) is 2.75. The monoisotopic (exact) mass is 217 g/mol. The first-order valence-electron chi connectivity index (χ1n) is 6.47.